The van der Waals surface area contributed by atoms with Crippen LogP contribution in [0.1, 0.15) is 19.5 Å². The molecule has 1 atom stereocenters. The maximum Gasteiger partial charge on any atom is 0.245 e. The number of nitrogens with zero attached hydrogens (tertiary/aromatic N) is 3. The third-order valence-electron chi connectivity index (χ3n) is 3.08. The highest BCUT2D eigenvalue weighted by Crippen LogP contribution is 2.20. The van der Waals surface area contributed by atoms with Crippen LogP contribution in [0.3, 0.4) is 0 Å². The zero-order valence-electron chi connectivity index (χ0n) is 11.9. The molecule has 1 aliphatic heterocycles. The minimum Gasteiger partial charge on any atom is -0.377 e. The summed E-state index contributed by atoms with van der Waals surface area (Å²) in [5, 5.41) is 2.91. The molecule has 1 unspecified atom stereocenters. The number of nitrogens with two attached hydrogens (primary N) is 1. The molecule has 0 aliphatic carbocycles. The Bertz CT molecular complexity index is 466. The molecule has 1 amide bonds. The number of amides is 1. The molecule has 0 aromatic carbocycles. The maximum absolute atomic E-state index is 12.3. The first kappa shape index (κ1) is 14.7. The van der Waals surface area contributed by atoms with Gasteiger partial charge in [0, 0.05) is 31.5 Å². The molecule has 1 aromatic heterocycles. The normalized spacial score (nSPS) is 19.2. The molecule has 2 rings (SSSR count). The van der Waals surface area contributed by atoms with Crippen molar-refractivity contribution < 1.29 is 9.53 Å². The van der Waals surface area contributed by atoms with E-state index in [0.717, 1.165) is 0 Å². The van der Waals surface area contributed by atoms with Crippen LogP contribution in [0.5, 0.6) is 0 Å². The fourth-order valence-electron chi connectivity index (χ4n) is 2.20. The Morgan fingerprint density at radius 2 is 2.30 bits per heavy atom. The van der Waals surface area contributed by atoms with Crippen LogP contribution in [0.15, 0.2) is 12.4 Å². The lowest BCUT2D eigenvalue weighted by Crippen LogP contribution is -2.55. The van der Waals surface area contributed by atoms with Gasteiger partial charge in [-0.2, -0.15) is 0 Å². The minimum absolute atomic E-state index is 0.0617. The molecule has 20 heavy (non-hydrogen) atoms. The van der Waals surface area contributed by atoms with Crippen molar-refractivity contribution in [2.45, 2.75) is 32.5 Å². The van der Waals surface area contributed by atoms with Gasteiger partial charge in [-0.25, -0.2) is 4.98 Å². The molecule has 2 heterocycles. The van der Waals surface area contributed by atoms with Crippen molar-refractivity contribution in [3.8, 4) is 0 Å². The second kappa shape index (κ2) is 6.62. The van der Waals surface area contributed by atoms with E-state index in [1.807, 2.05) is 18.7 Å². The van der Waals surface area contributed by atoms with Gasteiger partial charge in [-0.15, -0.1) is 0 Å². The second-order valence-corrected chi connectivity index (χ2v) is 4.98. The molecule has 1 fully saturated rings. The molecule has 0 radical (unpaired) electrons. The molecule has 1 aromatic rings. The lowest BCUT2D eigenvalue weighted by Gasteiger charge is -2.36. The van der Waals surface area contributed by atoms with Crippen molar-refractivity contribution in [1.82, 2.24) is 15.3 Å². The number of hydrogen-bond acceptors (Lipinski definition) is 6. The summed E-state index contributed by atoms with van der Waals surface area (Å²) in [6.07, 6.45) is 3.22. The Balaban J connectivity index is 2.24. The first-order valence-corrected chi connectivity index (χ1v) is 6.78. The molecular weight excluding hydrogens is 258 g/mol. The Labute approximate surface area is 118 Å². The number of anilines is 1. The largest absolute Gasteiger partial charge is 0.377 e. The Morgan fingerprint density at radius 1 is 1.55 bits per heavy atom. The van der Waals surface area contributed by atoms with Gasteiger partial charge in [0.1, 0.15) is 6.04 Å². The van der Waals surface area contributed by atoms with Crippen LogP contribution < -0.4 is 16.0 Å². The Kier molecular flexibility index (Phi) is 4.86. The van der Waals surface area contributed by atoms with Crippen LogP contribution in [0.25, 0.3) is 0 Å². The summed E-state index contributed by atoms with van der Waals surface area (Å²) >= 11 is 0. The summed E-state index contributed by atoms with van der Waals surface area (Å²) in [4.78, 5) is 22.8. The number of carbonyl (C=O) groups is 1. The third kappa shape index (κ3) is 3.23. The zero-order chi connectivity index (χ0) is 14.5. The fraction of sp³-hybridized carbons (Fsp3) is 0.615. The summed E-state index contributed by atoms with van der Waals surface area (Å²) in [5.41, 5.74) is 6.39. The number of nitrogens with one attached hydrogen (secondary N) is 1. The van der Waals surface area contributed by atoms with Crippen LogP contribution >= 0.6 is 0 Å². The van der Waals surface area contributed by atoms with Gasteiger partial charge in [0.05, 0.1) is 18.9 Å². The van der Waals surface area contributed by atoms with E-state index in [4.69, 9.17) is 10.5 Å². The quantitative estimate of drug-likeness (QED) is 0.783. The van der Waals surface area contributed by atoms with Crippen LogP contribution in [-0.2, 0) is 16.1 Å². The van der Waals surface area contributed by atoms with Crippen LogP contribution in [-0.4, -0.2) is 47.7 Å². The highest BCUT2D eigenvalue weighted by molar-refractivity contribution is 5.85. The van der Waals surface area contributed by atoms with Crippen molar-refractivity contribution in [2.75, 3.05) is 24.7 Å². The predicted molar refractivity (Wildman–Crippen MR) is 75.2 cm³/mol. The van der Waals surface area contributed by atoms with Gasteiger partial charge < -0.3 is 20.7 Å². The summed E-state index contributed by atoms with van der Waals surface area (Å²) in [5.74, 6) is 0.607. The first-order chi connectivity index (χ1) is 9.63. The number of ether oxygens (including phenoxy) is 1. The molecule has 7 nitrogen and oxygen atoms in total. The van der Waals surface area contributed by atoms with Gasteiger partial charge in [0.2, 0.25) is 5.91 Å². The predicted octanol–water partition coefficient (Wildman–Crippen LogP) is -0.335. The monoisotopic (exact) mass is 279 g/mol. The zero-order valence-corrected chi connectivity index (χ0v) is 11.9. The summed E-state index contributed by atoms with van der Waals surface area (Å²) in [6, 6.07) is -0.310. The van der Waals surface area contributed by atoms with Crippen LogP contribution in [0, 0.1) is 0 Å². The van der Waals surface area contributed by atoms with Crippen molar-refractivity contribution in [3.05, 3.63) is 18.1 Å². The summed E-state index contributed by atoms with van der Waals surface area (Å²) < 4.78 is 5.43. The number of aromatic nitrogens is 2. The van der Waals surface area contributed by atoms with Crippen LogP contribution in [0.2, 0.25) is 0 Å². The lowest BCUT2D eigenvalue weighted by atomic mass is 10.2. The van der Waals surface area contributed by atoms with E-state index < -0.39 is 6.04 Å². The fourth-order valence-corrected chi connectivity index (χ4v) is 2.20. The van der Waals surface area contributed by atoms with E-state index in [-0.39, 0.29) is 11.9 Å². The maximum atomic E-state index is 12.3. The summed E-state index contributed by atoms with van der Waals surface area (Å²) in [7, 11) is 0. The average Bonchev–Trinajstić information content (AvgIpc) is 2.46. The molecule has 0 spiro atoms. The van der Waals surface area contributed by atoms with Gasteiger partial charge in [0.15, 0.2) is 5.82 Å². The molecule has 0 saturated carbocycles. The third-order valence-corrected chi connectivity index (χ3v) is 3.08. The molecule has 7 heteroatoms. The molecule has 1 aliphatic rings. The van der Waals surface area contributed by atoms with E-state index in [0.29, 0.717) is 37.8 Å². The first-order valence-electron chi connectivity index (χ1n) is 6.78. The van der Waals surface area contributed by atoms with E-state index in [1.165, 1.54) is 0 Å². The Hall–Kier alpha value is -1.73. The minimum atomic E-state index is -0.395. The van der Waals surface area contributed by atoms with Gasteiger partial charge in [0.25, 0.3) is 0 Å². The van der Waals surface area contributed by atoms with Gasteiger partial charge in [-0.05, 0) is 13.8 Å². The average molecular weight is 279 g/mol. The van der Waals surface area contributed by atoms with Crippen molar-refractivity contribution in [1.29, 1.82) is 0 Å². The smallest absolute Gasteiger partial charge is 0.245 e. The van der Waals surface area contributed by atoms with Gasteiger partial charge in [-0.1, -0.05) is 0 Å². The number of carbonyl (C=O) groups excluding carboxylic acids is 1. The number of hydrogen-bond donors (Lipinski definition) is 2. The highest BCUT2D eigenvalue weighted by Gasteiger charge is 2.31. The Morgan fingerprint density at radius 3 is 3.00 bits per heavy atom. The molecular formula is C13H21N5O2. The van der Waals surface area contributed by atoms with Crippen molar-refractivity contribution in [3.63, 3.8) is 0 Å². The van der Waals surface area contributed by atoms with E-state index >= 15 is 0 Å². The van der Waals surface area contributed by atoms with Crippen LogP contribution in [0.4, 0.5) is 5.82 Å². The molecule has 0 bridgehead atoms. The van der Waals surface area contributed by atoms with Gasteiger partial charge >= 0.3 is 0 Å². The standard InChI is InChI=1S/C13H21N5O2/c1-9(2)17-13(19)11-8-20-6-5-18(11)12-10(7-14)15-3-4-16-12/h3-4,9,11H,5-8,14H2,1-2H3,(H,17,19). The molecule has 110 valence electrons. The van der Waals surface area contributed by atoms with Gasteiger partial charge in [-0.3, -0.25) is 9.78 Å². The highest BCUT2D eigenvalue weighted by atomic mass is 16.5. The van der Waals surface area contributed by atoms with Crippen molar-refractivity contribution >= 4 is 11.7 Å². The molecule has 3 N–H and O–H groups in total. The molecule has 1 saturated heterocycles. The van der Waals surface area contributed by atoms with E-state index in [9.17, 15) is 4.79 Å². The van der Waals surface area contributed by atoms with E-state index in [2.05, 4.69) is 15.3 Å². The van der Waals surface area contributed by atoms with Crippen molar-refractivity contribution in [2.24, 2.45) is 5.73 Å². The SMILES string of the molecule is CC(C)NC(=O)C1COCCN1c1nccnc1CN. The second-order valence-electron chi connectivity index (χ2n) is 4.98. The summed E-state index contributed by atoms with van der Waals surface area (Å²) in [6.45, 7) is 5.66. The topological polar surface area (TPSA) is 93.4 Å². The number of rotatable bonds is 4. The lowest BCUT2D eigenvalue weighted by molar-refractivity contribution is -0.125. The number of morpholine rings is 1. The van der Waals surface area contributed by atoms with E-state index in [1.54, 1.807) is 12.4 Å².